The summed E-state index contributed by atoms with van der Waals surface area (Å²) in [7, 11) is 0. The first-order valence-corrected chi connectivity index (χ1v) is 4.39. The molecule has 0 aliphatic rings. The van der Waals surface area contributed by atoms with E-state index in [2.05, 4.69) is 15.0 Å². The van der Waals surface area contributed by atoms with Crippen molar-refractivity contribution in [1.82, 2.24) is 19.5 Å². The van der Waals surface area contributed by atoms with E-state index in [0.717, 1.165) is 0 Å². The standard InChI is InChI=1S/C8H8ClN5/c9-6-4-11-5-13-8(6)14-2-1-12-7(14)3-10/h1-2,4-5H,3,10H2. The molecule has 2 N–H and O–H groups in total. The van der Waals surface area contributed by atoms with Gasteiger partial charge in [-0.1, -0.05) is 11.6 Å². The minimum atomic E-state index is 0.341. The lowest BCUT2D eigenvalue weighted by atomic mass is 10.5. The van der Waals surface area contributed by atoms with Crippen LogP contribution in [0.1, 0.15) is 5.82 Å². The third-order valence-corrected chi connectivity index (χ3v) is 2.04. The van der Waals surface area contributed by atoms with Gasteiger partial charge in [0.15, 0.2) is 5.82 Å². The number of aromatic nitrogens is 4. The molecule has 0 amide bonds. The first-order chi connectivity index (χ1) is 6.83. The normalized spacial score (nSPS) is 10.4. The third kappa shape index (κ3) is 1.47. The third-order valence-electron chi connectivity index (χ3n) is 1.78. The smallest absolute Gasteiger partial charge is 0.160 e. The van der Waals surface area contributed by atoms with E-state index in [-0.39, 0.29) is 0 Å². The fourth-order valence-electron chi connectivity index (χ4n) is 1.16. The zero-order chi connectivity index (χ0) is 9.97. The highest BCUT2D eigenvalue weighted by Crippen LogP contribution is 2.16. The number of nitrogens with two attached hydrogens (primary N) is 1. The first-order valence-electron chi connectivity index (χ1n) is 4.01. The molecule has 6 heteroatoms. The van der Waals surface area contributed by atoms with Gasteiger partial charge in [-0.25, -0.2) is 15.0 Å². The van der Waals surface area contributed by atoms with Crippen molar-refractivity contribution in [2.75, 3.05) is 0 Å². The van der Waals surface area contributed by atoms with E-state index >= 15 is 0 Å². The molecular formula is C8H8ClN5. The van der Waals surface area contributed by atoms with Gasteiger partial charge in [0.1, 0.15) is 17.2 Å². The van der Waals surface area contributed by atoms with Crippen LogP contribution in [0.4, 0.5) is 0 Å². The lowest BCUT2D eigenvalue weighted by molar-refractivity contribution is 0.843. The summed E-state index contributed by atoms with van der Waals surface area (Å²) in [5.41, 5.74) is 5.51. The molecule has 2 rings (SSSR count). The summed E-state index contributed by atoms with van der Waals surface area (Å²) in [4.78, 5) is 11.9. The van der Waals surface area contributed by atoms with Crippen LogP contribution < -0.4 is 5.73 Å². The molecule has 0 bridgehead atoms. The summed E-state index contributed by atoms with van der Waals surface area (Å²) in [5, 5.41) is 0.472. The van der Waals surface area contributed by atoms with Crippen molar-refractivity contribution in [1.29, 1.82) is 0 Å². The van der Waals surface area contributed by atoms with Crippen molar-refractivity contribution < 1.29 is 0 Å². The molecule has 2 heterocycles. The Balaban J connectivity index is 2.54. The fourth-order valence-corrected chi connectivity index (χ4v) is 1.36. The summed E-state index contributed by atoms with van der Waals surface area (Å²) in [5.74, 6) is 1.31. The molecule has 2 aromatic rings. The molecule has 0 fully saturated rings. The maximum Gasteiger partial charge on any atom is 0.160 e. The number of hydrogen-bond acceptors (Lipinski definition) is 4. The predicted molar refractivity (Wildman–Crippen MR) is 52.1 cm³/mol. The van der Waals surface area contributed by atoms with Gasteiger partial charge in [-0.15, -0.1) is 0 Å². The maximum atomic E-state index is 5.93. The van der Waals surface area contributed by atoms with Crippen molar-refractivity contribution in [2.45, 2.75) is 6.54 Å². The topological polar surface area (TPSA) is 69.6 Å². The molecule has 0 unspecified atom stereocenters. The predicted octanol–water partition coefficient (Wildman–Crippen LogP) is 0.774. The summed E-state index contributed by atoms with van der Waals surface area (Å²) in [6.45, 7) is 0.341. The monoisotopic (exact) mass is 209 g/mol. The number of imidazole rings is 1. The fraction of sp³-hybridized carbons (Fsp3) is 0.125. The zero-order valence-electron chi connectivity index (χ0n) is 7.26. The quantitative estimate of drug-likeness (QED) is 0.794. The van der Waals surface area contributed by atoms with Crippen LogP contribution in [0.5, 0.6) is 0 Å². The van der Waals surface area contributed by atoms with Crippen LogP contribution in [-0.4, -0.2) is 19.5 Å². The van der Waals surface area contributed by atoms with E-state index in [1.54, 1.807) is 17.0 Å². The van der Waals surface area contributed by atoms with Crippen LogP contribution in [0.3, 0.4) is 0 Å². The average molecular weight is 210 g/mol. The average Bonchev–Trinajstić information content (AvgIpc) is 2.66. The van der Waals surface area contributed by atoms with Crippen molar-refractivity contribution in [3.05, 3.63) is 35.8 Å². The van der Waals surface area contributed by atoms with E-state index in [1.165, 1.54) is 12.5 Å². The number of rotatable bonds is 2. The minimum Gasteiger partial charge on any atom is -0.324 e. The second kappa shape index (κ2) is 3.73. The Morgan fingerprint density at radius 3 is 3.00 bits per heavy atom. The second-order valence-corrected chi connectivity index (χ2v) is 3.02. The molecule has 0 saturated carbocycles. The molecule has 0 aliphatic heterocycles. The highest BCUT2D eigenvalue weighted by atomic mass is 35.5. The van der Waals surface area contributed by atoms with Crippen molar-refractivity contribution in [3.8, 4) is 5.82 Å². The number of halogens is 1. The number of hydrogen-bond donors (Lipinski definition) is 1. The van der Waals surface area contributed by atoms with Crippen molar-refractivity contribution in [3.63, 3.8) is 0 Å². The Labute approximate surface area is 85.6 Å². The number of nitrogens with zero attached hydrogens (tertiary/aromatic N) is 4. The van der Waals surface area contributed by atoms with Gasteiger partial charge < -0.3 is 5.73 Å². The molecule has 5 nitrogen and oxygen atoms in total. The van der Waals surface area contributed by atoms with Crippen LogP contribution in [0.2, 0.25) is 5.02 Å². The van der Waals surface area contributed by atoms with E-state index < -0.39 is 0 Å². The van der Waals surface area contributed by atoms with E-state index in [9.17, 15) is 0 Å². The molecule has 0 atom stereocenters. The van der Waals surface area contributed by atoms with Gasteiger partial charge in [0.2, 0.25) is 0 Å². The van der Waals surface area contributed by atoms with Gasteiger partial charge in [0.05, 0.1) is 12.7 Å². The highest BCUT2D eigenvalue weighted by molar-refractivity contribution is 6.32. The lowest BCUT2D eigenvalue weighted by Crippen LogP contribution is -2.08. The van der Waals surface area contributed by atoms with Gasteiger partial charge in [-0.2, -0.15) is 0 Å². The van der Waals surface area contributed by atoms with Crippen LogP contribution in [-0.2, 0) is 6.54 Å². The van der Waals surface area contributed by atoms with Crippen LogP contribution in [0, 0.1) is 0 Å². The highest BCUT2D eigenvalue weighted by Gasteiger charge is 2.07. The Morgan fingerprint density at radius 2 is 2.29 bits per heavy atom. The first kappa shape index (κ1) is 9.11. The Bertz CT molecular complexity index is 439. The maximum absolute atomic E-state index is 5.93. The van der Waals surface area contributed by atoms with Crippen LogP contribution in [0.25, 0.3) is 5.82 Å². The molecule has 0 radical (unpaired) electrons. The van der Waals surface area contributed by atoms with E-state index in [0.29, 0.717) is 23.2 Å². The molecule has 2 aromatic heterocycles. The summed E-state index contributed by atoms with van der Waals surface area (Å²) < 4.78 is 1.74. The molecule has 0 saturated heterocycles. The zero-order valence-corrected chi connectivity index (χ0v) is 8.02. The van der Waals surface area contributed by atoms with Gasteiger partial charge >= 0.3 is 0 Å². The lowest BCUT2D eigenvalue weighted by Gasteiger charge is -2.05. The largest absolute Gasteiger partial charge is 0.324 e. The van der Waals surface area contributed by atoms with Crippen LogP contribution in [0.15, 0.2) is 24.9 Å². The van der Waals surface area contributed by atoms with E-state index in [1.807, 2.05) is 0 Å². The van der Waals surface area contributed by atoms with E-state index in [4.69, 9.17) is 17.3 Å². The SMILES string of the molecule is NCc1nccn1-c1ncncc1Cl. The van der Waals surface area contributed by atoms with Crippen molar-refractivity contribution >= 4 is 11.6 Å². The van der Waals surface area contributed by atoms with Gasteiger partial charge in [0.25, 0.3) is 0 Å². The molecule has 72 valence electrons. The molecule has 0 spiro atoms. The molecular weight excluding hydrogens is 202 g/mol. The Kier molecular flexibility index (Phi) is 2.43. The summed E-state index contributed by atoms with van der Waals surface area (Å²) in [6, 6.07) is 0. The molecule has 0 aromatic carbocycles. The summed E-state index contributed by atoms with van der Waals surface area (Å²) >= 11 is 5.93. The van der Waals surface area contributed by atoms with Crippen LogP contribution >= 0.6 is 11.6 Å². The van der Waals surface area contributed by atoms with Gasteiger partial charge in [-0.3, -0.25) is 4.57 Å². The van der Waals surface area contributed by atoms with Crippen molar-refractivity contribution in [2.24, 2.45) is 5.73 Å². The molecule has 14 heavy (non-hydrogen) atoms. The van der Waals surface area contributed by atoms with Gasteiger partial charge in [-0.05, 0) is 0 Å². The van der Waals surface area contributed by atoms with Gasteiger partial charge in [0, 0.05) is 12.4 Å². The Hall–Kier alpha value is -1.46. The Morgan fingerprint density at radius 1 is 1.43 bits per heavy atom. The second-order valence-electron chi connectivity index (χ2n) is 2.61. The summed E-state index contributed by atoms with van der Waals surface area (Å²) in [6.07, 6.45) is 6.38. The molecule has 0 aliphatic carbocycles. The minimum absolute atomic E-state index is 0.341.